The van der Waals surface area contributed by atoms with Crippen molar-refractivity contribution in [2.24, 2.45) is 0 Å². The summed E-state index contributed by atoms with van der Waals surface area (Å²) in [5.74, 6) is 2.38. The highest BCUT2D eigenvalue weighted by molar-refractivity contribution is 5.83. The van der Waals surface area contributed by atoms with Crippen LogP contribution < -0.4 is 10.2 Å². The van der Waals surface area contributed by atoms with Crippen LogP contribution in [-0.2, 0) is 6.54 Å². The molecule has 3 aromatic heterocycles. The second-order valence-corrected chi connectivity index (χ2v) is 5.45. The van der Waals surface area contributed by atoms with Gasteiger partial charge in [0.05, 0.1) is 19.1 Å². The second kappa shape index (κ2) is 5.67. The van der Waals surface area contributed by atoms with Crippen molar-refractivity contribution in [2.45, 2.75) is 25.8 Å². The van der Waals surface area contributed by atoms with Crippen LogP contribution in [-0.4, -0.2) is 33.0 Å². The van der Waals surface area contributed by atoms with E-state index in [1.54, 1.807) is 12.6 Å². The molecule has 22 heavy (non-hydrogen) atoms. The van der Waals surface area contributed by atoms with E-state index >= 15 is 0 Å². The summed E-state index contributed by atoms with van der Waals surface area (Å²) in [6, 6.07) is 3.81. The summed E-state index contributed by atoms with van der Waals surface area (Å²) >= 11 is 0. The van der Waals surface area contributed by atoms with Crippen molar-refractivity contribution in [3.63, 3.8) is 0 Å². The van der Waals surface area contributed by atoms with Gasteiger partial charge < -0.3 is 19.6 Å². The van der Waals surface area contributed by atoms with Crippen LogP contribution in [0.15, 0.2) is 29.1 Å². The number of hydrogen-bond donors (Lipinski definition) is 2. The van der Waals surface area contributed by atoms with Gasteiger partial charge in [0.2, 0.25) is 5.95 Å². The molecule has 2 N–H and O–H groups in total. The Labute approximate surface area is 127 Å². The van der Waals surface area contributed by atoms with E-state index in [0.29, 0.717) is 12.2 Å². The first-order valence-corrected chi connectivity index (χ1v) is 7.62. The predicted molar refractivity (Wildman–Crippen MR) is 83.8 cm³/mol. The fourth-order valence-electron chi connectivity index (χ4n) is 2.77. The molecule has 0 amide bonds. The van der Waals surface area contributed by atoms with Gasteiger partial charge in [-0.1, -0.05) is 0 Å². The lowest BCUT2D eigenvalue weighted by molar-refractivity contribution is 0.518. The van der Waals surface area contributed by atoms with E-state index in [-0.39, 0.29) is 0 Å². The van der Waals surface area contributed by atoms with Crippen LogP contribution in [0.5, 0.6) is 0 Å². The number of H-pyrrole nitrogens is 1. The SMILES string of the molecule is c1coc(CNc2nc(N3CCCCC3)nc3nc[nH]c23)c1. The van der Waals surface area contributed by atoms with Gasteiger partial charge >= 0.3 is 0 Å². The molecule has 7 nitrogen and oxygen atoms in total. The number of aromatic amines is 1. The van der Waals surface area contributed by atoms with Crippen LogP contribution >= 0.6 is 0 Å². The summed E-state index contributed by atoms with van der Waals surface area (Å²) in [5, 5.41) is 3.31. The first-order valence-electron chi connectivity index (χ1n) is 7.62. The topological polar surface area (TPSA) is 82.9 Å². The van der Waals surface area contributed by atoms with Gasteiger partial charge in [-0.15, -0.1) is 0 Å². The highest BCUT2D eigenvalue weighted by Gasteiger charge is 2.17. The van der Waals surface area contributed by atoms with Gasteiger partial charge in [0.15, 0.2) is 11.5 Å². The molecule has 1 aliphatic heterocycles. The highest BCUT2D eigenvalue weighted by Crippen LogP contribution is 2.23. The molecular formula is C15H18N6O. The Hall–Kier alpha value is -2.57. The lowest BCUT2D eigenvalue weighted by atomic mass is 10.1. The molecule has 4 rings (SSSR count). The Morgan fingerprint density at radius 2 is 2.14 bits per heavy atom. The maximum Gasteiger partial charge on any atom is 0.229 e. The Morgan fingerprint density at radius 3 is 2.95 bits per heavy atom. The molecule has 4 heterocycles. The molecule has 1 aliphatic rings. The standard InChI is InChI=1S/C15H18N6O/c1-2-6-21(7-3-1)15-19-13(12-14(20-15)18-10-17-12)16-9-11-5-4-8-22-11/h4-5,8,10H,1-3,6-7,9H2,(H2,16,17,18,19,20). The van der Waals surface area contributed by atoms with E-state index in [1.807, 2.05) is 12.1 Å². The van der Waals surface area contributed by atoms with Gasteiger partial charge in [0, 0.05) is 13.1 Å². The van der Waals surface area contributed by atoms with Crippen molar-refractivity contribution in [3.05, 3.63) is 30.5 Å². The molecule has 3 aromatic rings. The number of nitrogens with one attached hydrogen (secondary N) is 2. The van der Waals surface area contributed by atoms with Crippen LogP contribution in [0.25, 0.3) is 11.2 Å². The van der Waals surface area contributed by atoms with E-state index < -0.39 is 0 Å². The number of anilines is 2. The average Bonchev–Trinajstić information content (AvgIpc) is 3.24. The van der Waals surface area contributed by atoms with Crippen molar-refractivity contribution >= 4 is 22.9 Å². The van der Waals surface area contributed by atoms with Crippen LogP contribution in [0.1, 0.15) is 25.0 Å². The van der Waals surface area contributed by atoms with Crippen molar-refractivity contribution in [2.75, 3.05) is 23.3 Å². The van der Waals surface area contributed by atoms with Crippen LogP contribution in [0, 0.1) is 0 Å². The first-order chi connectivity index (χ1) is 10.9. The summed E-state index contributed by atoms with van der Waals surface area (Å²) in [4.78, 5) is 18.9. The number of hydrogen-bond acceptors (Lipinski definition) is 6. The molecule has 0 atom stereocenters. The number of imidazole rings is 1. The Kier molecular flexibility index (Phi) is 3.38. The normalized spacial score (nSPS) is 15.4. The molecule has 114 valence electrons. The molecule has 0 aliphatic carbocycles. The summed E-state index contributed by atoms with van der Waals surface area (Å²) in [6.45, 7) is 2.60. The largest absolute Gasteiger partial charge is 0.467 e. The minimum Gasteiger partial charge on any atom is -0.467 e. The van der Waals surface area contributed by atoms with E-state index in [9.17, 15) is 0 Å². The van der Waals surface area contributed by atoms with E-state index in [2.05, 4.69) is 30.2 Å². The molecule has 7 heteroatoms. The Balaban J connectivity index is 1.64. The molecule has 0 spiro atoms. The van der Waals surface area contributed by atoms with Gasteiger partial charge in [0.25, 0.3) is 0 Å². The van der Waals surface area contributed by atoms with Crippen LogP contribution in [0.2, 0.25) is 0 Å². The van der Waals surface area contributed by atoms with Gasteiger partial charge in [-0.05, 0) is 31.4 Å². The smallest absolute Gasteiger partial charge is 0.229 e. The monoisotopic (exact) mass is 298 g/mol. The number of rotatable bonds is 4. The molecular weight excluding hydrogens is 280 g/mol. The molecule has 0 radical (unpaired) electrons. The van der Waals surface area contributed by atoms with Crippen LogP contribution in [0.4, 0.5) is 11.8 Å². The van der Waals surface area contributed by atoms with Crippen LogP contribution in [0.3, 0.4) is 0 Å². The molecule has 0 bridgehead atoms. The summed E-state index contributed by atoms with van der Waals surface area (Å²) in [6.07, 6.45) is 6.98. The van der Waals surface area contributed by atoms with E-state index in [1.165, 1.54) is 19.3 Å². The molecule has 0 saturated carbocycles. The molecule has 0 unspecified atom stereocenters. The fraction of sp³-hybridized carbons (Fsp3) is 0.400. The number of furan rings is 1. The van der Waals surface area contributed by atoms with Gasteiger partial charge in [-0.25, -0.2) is 4.98 Å². The average molecular weight is 298 g/mol. The fourth-order valence-corrected chi connectivity index (χ4v) is 2.77. The zero-order valence-corrected chi connectivity index (χ0v) is 12.2. The number of aromatic nitrogens is 4. The minimum absolute atomic E-state index is 0.581. The Morgan fingerprint density at radius 1 is 1.23 bits per heavy atom. The highest BCUT2D eigenvalue weighted by atomic mass is 16.3. The van der Waals surface area contributed by atoms with Crippen molar-refractivity contribution < 1.29 is 4.42 Å². The van der Waals surface area contributed by atoms with Gasteiger partial charge in [-0.2, -0.15) is 9.97 Å². The maximum absolute atomic E-state index is 5.35. The second-order valence-electron chi connectivity index (χ2n) is 5.45. The van der Waals surface area contributed by atoms with E-state index in [0.717, 1.165) is 36.1 Å². The number of piperidine rings is 1. The quantitative estimate of drug-likeness (QED) is 0.770. The van der Waals surface area contributed by atoms with Crippen molar-refractivity contribution in [3.8, 4) is 0 Å². The summed E-state index contributed by atoms with van der Waals surface area (Å²) in [7, 11) is 0. The summed E-state index contributed by atoms with van der Waals surface area (Å²) in [5.41, 5.74) is 1.52. The number of fused-ring (bicyclic) bond motifs is 1. The van der Waals surface area contributed by atoms with Gasteiger partial charge in [0.1, 0.15) is 11.3 Å². The predicted octanol–water partition coefficient (Wildman–Crippen LogP) is 2.55. The zero-order chi connectivity index (χ0) is 14.8. The Bertz CT molecular complexity index is 745. The third-order valence-corrected chi connectivity index (χ3v) is 3.92. The minimum atomic E-state index is 0.581. The van der Waals surface area contributed by atoms with Crippen molar-refractivity contribution in [1.82, 2.24) is 19.9 Å². The van der Waals surface area contributed by atoms with Crippen molar-refractivity contribution in [1.29, 1.82) is 0 Å². The van der Waals surface area contributed by atoms with E-state index in [4.69, 9.17) is 4.42 Å². The number of nitrogens with zero attached hydrogens (tertiary/aromatic N) is 4. The lowest BCUT2D eigenvalue weighted by Gasteiger charge is -2.26. The molecule has 0 aromatic carbocycles. The lowest BCUT2D eigenvalue weighted by Crippen LogP contribution is -2.31. The molecule has 1 fully saturated rings. The third-order valence-electron chi connectivity index (χ3n) is 3.92. The summed E-state index contributed by atoms with van der Waals surface area (Å²) < 4.78 is 5.35. The maximum atomic E-state index is 5.35. The first kappa shape index (κ1) is 13.1. The molecule has 1 saturated heterocycles. The zero-order valence-electron chi connectivity index (χ0n) is 12.2. The third kappa shape index (κ3) is 2.49. The van der Waals surface area contributed by atoms with Gasteiger partial charge in [-0.3, -0.25) is 0 Å².